The highest BCUT2D eigenvalue weighted by molar-refractivity contribution is 6.18. The molecule has 0 bridgehead atoms. The number of allylic oxidation sites excluding steroid dienone is 1. The van der Waals surface area contributed by atoms with E-state index in [0.29, 0.717) is 43.7 Å². The molecule has 4 aromatic carbocycles. The average Bonchev–Trinajstić information content (AvgIpc) is 3.66. The van der Waals surface area contributed by atoms with Crippen LogP contribution in [0.3, 0.4) is 0 Å². The smallest absolute Gasteiger partial charge is 0.243 e. The van der Waals surface area contributed by atoms with E-state index in [-0.39, 0.29) is 29.4 Å². The largest absolute Gasteiger partial charge is 0.508 e. The Hall–Kier alpha value is -4.87. The number of nitrogens with zero attached hydrogens (tertiary/aromatic N) is 3. The van der Waals surface area contributed by atoms with Crippen LogP contribution in [0, 0.1) is 5.92 Å². The summed E-state index contributed by atoms with van der Waals surface area (Å²) in [6.45, 7) is 8.58. The predicted molar refractivity (Wildman–Crippen MR) is 234 cm³/mol. The summed E-state index contributed by atoms with van der Waals surface area (Å²) in [6, 6.07) is 29.5. The molecule has 4 aromatic rings. The van der Waals surface area contributed by atoms with Gasteiger partial charge in [0.25, 0.3) is 0 Å². The highest BCUT2D eigenvalue weighted by atomic mass is 35.5. The third kappa shape index (κ3) is 10.3. The van der Waals surface area contributed by atoms with Crippen LogP contribution in [0.25, 0.3) is 11.1 Å². The number of rotatable bonds is 14. The number of phenolic OH excluding ortho intramolecular Hbond substituents is 2. The van der Waals surface area contributed by atoms with Gasteiger partial charge in [-0.05, 0) is 152 Å². The van der Waals surface area contributed by atoms with Crippen LogP contribution in [-0.2, 0) is 22.7 Å². The Bertz CT molecular complexity index is 2100. The molecule has 59 heavy (non-hydrogen) atoms. The lowest BCUT2D eigenvalue weighted by Crippen LogP contribution is -2.50. The zero-order chi connectivity index (χ0) is 40.7. The predicted octanol–water partition coefficient (Wildman–Crippen LogP) is 7.47. The molecule has 310 valence electrons. The van der Waals surface area contributed by atoms with Gasteiger partial charge in [-0.15, -0.1) is 11.6 Å². The minimum Gasteiger partial charge on any atom is -0.508 e. The number of hydrogen-bond donors (Lipinski definition) is 4. The molecule has 0 radical (unpaired) electrons. The molecule has 8 rings (SSSR count). The fourth-order valence-electron chi connectivity index (χ4n) is 9.42. The number of alkyl halides is 1. The summed E-state index contributed by atoms with van der Waals surface area (Å²) in [6.07, 6.45) is 6.42. The van der Waals surface area contributed by atoms with Gasteiger partial charge in [-0.2, -0.15) is 0 Å². The second-order valence-corrected chi connectivity index (χ2v) is 17.0. The van der Waals surface area contributed by atoms with Crippen molar-refractivity contribution in [3.05, 3.63) is 119 Å². The molecule has 3 saturated heterocycles. The quantitative estimate of drug-likeness (QED) is 0.0584. The van der Waals surface area contributed by atoms with Gasteiger partial charge in [0.2, 0.25) is 11.8 Å². The lowest BCUT2D eigenvalue weighted by molar-refractivity contribution is -0.137. The lowest BCUT2D eigenvalue weighted by atomic mass is 9.88. The van der Waals surface area contributed by atoms with Gasteiger partial charge in [-0.25, -0.2) is 0 Å². The van der Waals surface area contributed by atoms with E-state index >= 15 is 0 Å². The molecule has 4 N–H and O–H groups in total. The van der Waals surface area contributed by atoms with Crippen molar-refractivity contribution >= 4 is 40.2 Å². The van der Waals surface area contributed by atoms with Gasteiger partial charge in [-0.1, -0.05) is 42.5 Å². The summed E-state index contributed by atoms with van der Waals surface area (Å²) in [5.74, 6) is 2.09. The Morgan fingerprint density at radius 2 is 1.46 bits per heavy atom. The molecule has 4 heterocycles. The Kier molecular flexibility index (Phi) is 13.2. The van der Waals surface area contributed by atoms with Crippen molar-refractivity contribution < 1.29 is 24.5 Å². The van der Waals surface area contributed by atoms with Crippen molar-refractivity contribution in [3.63, 3.8) is 0 Å². The normalized spacial score (nSPS) is 21.2. The summed E-state index contributed by atoms with van der Waals surface area (Å²) < 4.78 is 6.26. The summed E-state index contributed by atoms with van der Waals surface area (Å²) in [5, 5.41) is 26.3. The second kappa shape index (κ2) is 19.0. The molecule has 1 unspecified atom stereocenters. The number of nitrogens with one attached hydrogen (secondary N) is 2. The number of hydrogen-bond acceptors (Lipinski definition) is 9. The molecule has 4 aliphatic rings. The topological polar surface area (TPSA) is 118 Å². The SMILES string of the molecule is O=C1CCC(N2Cc3ccc(N[C@H]4CCCN(CC5CCN(CCOc6ccc(C(=C(CCCl)c7ccc(O)cc7)c7ccc(O)cc7)cc6)CC5)C4)cc3C2)C(=O)N1. The van der Waals surface area contributed by atoms with Gasteiger partial charge in [0, 0.05) is 56.8 Å². The van der Waals surface area contributed by atoms with Crippen LogP contribution >= 0.6 is 11.6 Å². The number of aromatic hydroxyl groups is 2. The maximum absolute atomic E-state index is 12.5. The minimum atomic E-state index is -0.232. The van der Waals surface area contributed by atoms with E-state index in [9.17, 15) is 19.8 Å². The highest BCUT2D eigenvalue weighted by Crippen LogP contribution is 2.37. The number of phenols is 2. The fraction of sp³-hybridized carbons (Fsp3) is 0.417. The maximum atomic E-state index is 12.5. The molecule has 2 amide bonds. The van der Waals surface area contributed by atoms with Gasteiger partial charge in [0.15, 0.2) is 0 Å². The number of ether oxygens (including phenoxy) is 1. The zero-order valence-electron chi connectivity index (χ0n) is 33.8. The van der Waals surface area contributed by atoms with Crippen molar-refractivity contribution in [3.8, 4) is 17.2 Å². The van der Waals surface area contributed by atoms with E-state index in [2.05, 4.69) is 55.7 Å². The van der Waals surface area contributed by atoms with Gasteiger partial charge >= 0.3 is 0 Å². The third-order valence-electron chi connectivity index (χ3n) is 12.5. The number of halogens is 1. The van der Waals surface area contributed by atoms with Crippen LogP contribution in [0.1, 0.15) is 72.8 Å². The van der Waals surface area contributed by atoms with Crippen molar-refractivity contribution in [1.82, 2.24) is 20.0 Å². The van der Waals surface area contributed by atoms with Crippen molar-refractivity contribution in [2.75, 3.05) is 57.1 Å². The van der Waals surface area contributed by atoms with Crippen LogP contribution in [-0.4, -0.2) is 101 Å². The molecule has 0 aromatic heterocycles. The first-order valence-electron chi connectivity index (χ1n) is 21.3. The van der Waals surface area contributed by atoms with Crippen LogP contribution in [0.5, 0.6) is 17.2 Å². The molecule has 2 atom stereocenters. The summed E-state index contributed by atoms with van der Waals surface area (Å²) >= 11 is 6.32. The molecular weight excluding hydrogens is 762 g/mol. The monoisotopic (exact) mass is 817 g/mol. The number of likely N-dealkylation sites (tertiary alicyclic amines) is 2. The van der Waals surface area contributed by atoms with Crippen LogP contribution in [0.4, 0.5) is 5.69 Å². The molecule has 11 heteroatoms. The minimum absolute atomic E-state index is 0.162. The number of piperidine rings is 3. The Morgan fingerprint density at radius 3 is 2.15 bits per heavy atom. The lowest BCUT2D eigenvalue weighted by Gasteiger charge is -2.38. The van der Waals surface area contributed by atoms with Crippen molar-refractivity contribution in [2.24, 2.45) is 5.92 Å². The third-order valence-corrected chi connectivity index (χ3v) is 12.7. The second-order valence-electron chi connectivity index (χ2n) is 16.6. The van der Waals surface area contributed by atoms with Crippen molar-refractivity contribution in [2.45, 2.75) is 70.1 Å². The zero-order valence-corrected chi connectivity index (χ0v) is 34.5. The molecule has 3 fully saturated rings. The van der Waals surface area contributed by atoms with E-state index in [0.717, 1.165) is 91.6 Å². The van der Waals surface area contributed by atoms with E-state index in [4.69, 9.17) is 16.3 Å². The number of anilines is 1. The number of fused-ring (bicyclic) bond motifs is 1. The molecule has 0 saturated carbocycles. The number of carbonyl (C=O) groups is 2. The first-order valence-corrected chi connectivity index (χ1v) is 21.8. The van der Waals surface area contributed by atoms with E-state index in [1.807, 2.05) is 36.4 Å². The fourth-order valence-corrected chi connectivity index (χ4v) is 9.61. The van der Waals surface area contributed by atoms with Gasteiger partial charge in [0.05, 0.1) is 6.04 Å². The van der Waals surface area contributed by atoms with Crippen LogP contribution < -0.4 is 15.4 Å². The standard InChI is InChI=1S/C48H56ClN5O5/c49-22-19-44(34-4-11-41(55)12-5-34)47(35-6-13-42(56)14-7-35)36-8-15-43(16-9-36)59-27-26-52-24-20-33(21-25-52)29-53-23-1-2-40(32-53)50-39-10-3-37-30-54(31-38(37)28-39)45-17-18-46(57)51-48(45)58/h3-16,28,33,40,45,50,55-56H,1-2,17-27,29-32H2,(H,51,57,58)/t40-,45?/m0/s1. The number of amides is 2. The molecule has 10 nitrogen and oxygen atoms in total. The van der Waals surface area contributed by atoms with Crippen LogP contribution in [0.2, 0.25) is 0 Å². The van der Waals surface area contributed by atoms with Crippen LogP contribution in [0.15, 0.2) is 91.0 Å². The van der Waals surface area contributed by atoms with Crippen molar-refractivity contribution in [1.29, 1.82) is 0 Å². The molecule has 0 aliphatic carbocycles. The number of benzene rings is 4. The molecule has 4 aliphatic heterocycles. The Balaban J connectivity index is 0.792. The summed E-state index contributed by atoms with van der Waals surface area (Å²) in [4.78, 5) is 31.5. The number of carbonyl (C=O) groups excluding carboxylic acids is 2. The first kappa shape index (κ1) is 40.9. The van der Waals surface area contributed by atoms with E-state index in [1.54, 1.807) is 24.3 Å². The molecular formula is C48H56ClN5O5. The van der Waals surface area contributed by atoms with E-state index < -0.39 is 0 Å². The average molecular weight is 818 g/mol. The Morgan fingerprint density at radius 1 is 0.780 bits per heavy atom. The summed E-state index contributed by atoms with van der Waals surface area (Å²) in [7, 11) is 0. The van der Waals surface area contributed by atoms with Gasteiger partial charge < -0.3 is 25.2 Å². The maximum Gasteiger partial charge on any atom is 0.243 e. The summed E-state index contributed by atoms with van der Waals surface area (Å²) in [5.41, 5.74) is 8.79. The first-order chi connectivity index (χ1) is 28.8. The highest BCUT2D eigenvalue weighted by Gasteiger charge is 2.35. The van der Waals surface area contributed by atoms with Gasteiger partial charge in [-0.3, -0.25) is 24.7 Å². The van der Waals surface area contributed by atoms with E-state index in [1.165, 1.54) is 36.8 Å². The molecule has 0 spiro atoms. The Labute approximate surface area is 352 Å². The van der Waals surface area contributed by atoms with Gasteiger partial charge in [0.1, 0.15) is 23.9 Å². The number of imide groups is 1.